The first-order valence-electron chi connectivity index (χ1n) is 22.3. The van der Waals surface area contributed by atoms with Crippen molar-refractivity contribution in [1.29, 1.82) is 0 Å². The molecule has 0 fully saturated rings. The molecule has 0 saturated heterocycles. The minimum atomic E-state index is -2.74. The molecule has 0 N–H and O–H groups in total. The molecule has 13 rings (SSSR count). The van der Waals surface area contributed by atoms with Crippen molar-refractivity contribution in [3.05, 3.63) is 243 Å². The number of para-hydroxylation sites is 3. The van der Waals surface area contributed by atoms with Crippen molar-refractivity contribution in [3.63, 3.8) is 0 Å². The molecule has 304 valence electrons. The average Bonchev–Trinajstić information content (AvgIpc) is 3.72. The zero-order valence-electron chi connectivity index (χ0n) is 35.4. The molecule has 65 heavy (non-hydrogen) atoms. The van der Waals surface area contributed by atoms with Gasteiger partial charge in [0.1, 0.15) is 11.5 Å². The first kappa shape index (κ1) is 37.9. The van der Waals surface area contributed by atoms with E-state index < -0.39 is 8.07 Å². The molecule has 0 spiro atoms. The van der Waals surface area contributed by atoms with Gasteiger partial charge >= 0.3 is 0 Å². The molecular formula is C60H40BNOSSi. The third-order valence-corrected chi connectivity index (χ3v) is 19.7. The average molecular weight is 862 g/mol. The summed E-state index contributed by atoms with van der Waals surface area (Å²) in [6.07, 6.45) is 0. The smallest absolute Gasteiger partial charge is 0.289 e. The van der Waals surface area contributed by atoms with Gasteiger partial charge in [-0.05, 0) is 114 Å². The second-order valence-corrected chi connectivity index (χ2v) is 22.1. The number of hydrogen-bond acceptors (Lipinski definition) is 2. The third-order valence-electron chi connectivity index (χ3n) is 13.6. The summed E-state index contributed by atoms with van der Waals surface area (Å²) in [7, 11) is -2.74. The van der Waals surface area contributed by atoms with E-state index in [1.54, 1.807) is 0 Å². The second-order valence-electron chi connectivity index (χ2n) is 17.1. The maximum absolute atomic E-state index is 6.90. The predicted molar refractivity (Wildman–Crippen MR) is 278 cm³/mol. The topological polar surface area (TPSA) is 14.2 Å². The van der Waals surface area contributed by atoms with Crippen LogP contribution in [0.25, 0.3) is 60.9 Å². The Morgan fingerprint density at radius 1 is 0.385 bits per heavy atom. The number of fused-ring (bicyclic) bond motifs is 7. The molecule has 0 saturated carbocycles. The third kappa shape index (κ3) is 6.04. The summed E-state index contributed by atoms with van der Waals surface area (Å²) in [5.41, 5.74) is 13.3. The van der Waals surface area contributed by atoms with E-state index in [1.807, 2.05) is 11.6 Å². The molecular weight excluding hydrogens is 822 g/mol. The molecule has 0 radical (unpaired) electrons. The number of ether oxygens (including phenoxy) is 1. The molecule has 10 aromatic carbocycles. The van der Waals surface area contributed by atoms with Gasteiger partial charge in [0.15, 0.2) is 8.07 Å². The normalized spacial score (nSPS) is 12.6. The van der Waals surface area contributed by atoms with Crippen LogP contribution in [0.5, 0.6) is 11.5 Å². The maximum atomic E-state index is 6.90. The lowest BCUT2D eigenvalue weighted by Crippen LogP contribution is -2.74. The van der Waals surface area contributed by atoms with E-state index in [1.165, 1.54) is 86.2 Å². The van der Waals surface area contributed by atoms with Crippen LogP contribution in [0, 0.1) is 0 Å². The Morgan fingerprint density at radius 3 is 1.62 bits per heavy atom. The summed E-state index contributed by atoms with van der Waals surface area (Å²) in [6, 6.07) is 89.7. The molecule has 0 atom stereocenters. The van der Waals surface area contributed by atoms with E-state index in [0.29, 0.717) is 0 Å². The van der Waals surface area contributed by atoms with E-state index in [4.69, 9.17) is 4.74 Å². The van der Waals surface area contributed by atoms with Gasteiger partial charge in [-0.1, -0.05) is 194 Å². The van der Waals surface area contributed by atoms with Crippen LogP contribution in [0.2, 0.25) is 0 Å². The highest BCUT2D eigenvalue weighted by atomic mass is 32.2. The Bertz CT molecular complexity index is 3480. The van der Waals surface area contributed by atoms with Gasteiger partial charge in [0.25, 0.3) is 5.99 Å². The SMILES string of the molecule is c1ccc([Si](c2ccccc2)(c2ccccc2)c2cccc(-c3cc4c5c(c3)-c3ccc(-c6cccc(-n7c8ccccc8c8ccccc87)c6)cc3SB5c3ccccc3O4)c2)cc1. The minimum absolute atomic E-state index is 0.103. The zero-order valence-corrected chi connectivity index (χ0v) is 37.3. The van der Waals surface area contributed by atoms with Crippen molar-refractivity contribution >= 4 is 79.2 Å². The van der Waals surface area contributed by atoms with Crippen molar-refractivity contribution in [2.45, 2.75) is 4.90 Å². The molecule has 11 aromatic rings. The lowest BCUT2D eigenvalue weighted by molar-refractivity contribution is 0.488. The van der Waals surface area contributed by atoms with E-state index in [2.05, 4.69) is 247 Å². The molecule has 0 unspecified atom stereocenters. The van der Waals surface area contributed by atoms with Crippen LogP contribution in [0.1, 0.15) is 0 Å². The van der Waals surface area contributed by atoms with Crippen molar-refractivity contribution in [2.75, 3.05) is 0 Å². The fraction of sp³-hybridized carbons (Fsp3) is 0. The van der Waals surface area contributed by atoms with E-state index in [9.17, 15) is 0 Å². The van der Waals surface area contributed by atoms with Crippen molar-refractivity contribution in [3.8, 4) is 50.6 Å². The lowest BCUT2D eigenvalue weighted by atomic mass is 9.57. The second kappa shape index (κ2) is 15.3. The van der Waals surface area contributed by atoms with E-state index in [-0.39, 0.29) is 5.99 Å². The molecule has 0 bridgehead atoms. The Kier molecular flexibility index (Phi) is 8.93. The summed E-state index contributed by atoms with van der Waals surface area (Å²) < 4.78 is 9.31. The Hall–Kier alpha value is -7.57. The zero-order chi connectivity index (χ0) is 42.9. The van der Waals surface area contributed by atoms with Crippen LogP contribution >= 0.6 is 11.6 Å². The van der Waals surface area contributed by atoms with Gasteiger partial charge in [0, 0.05) is 21.4 Å². The summed E-state index contributed by atoms with van der Waals surface area (Å²) in [6.45, 7) is 0. The first-order chi connectivity index (χ1) is 32.2. The summed E-state index contributed by atoms with van der Waals surface area (Å²) >= 11 is 1.94. The summed E-state index contributed by atoms with van der Waals surface area (Å²) in [5, 5.41) is 7.97. The van der Waals surface area contributed by atoms with E-state index in [0.717, 1.165) is 22.7 Å². The summed E-state index contributed by atoms with van der Waals surface area (Å²) in [5.74, 6) is 1.97. The monoisotopic (exact) mass is 861 g/mol. The van der Waals surface area contributed by atoms with Crippen LogP contribution < -0.4 is 36.4 Å². The number of rotatable bonds is 7. The number of hydrogen-bond donors (Lipinski definition) is 0. The van der Waals surface area contributed by atoms with Gasteiger partial charge in [0.05, 0.1) is 11.0 Å². The predicted octanol–water partition coefficient (Wildman–Crippen LogP) is 11.5. The van der Waals surface area contributed by atoms with Crippen LogP contribution in [0.4, 0.5) is 0 Å². The highest BCUT2D eigenvalue weighted by molar-refractivity contribution is 8.28. The van der Waals surface area contributed by atoms with Gasteiger partial charge in [0.2, 0.25) is 0 Å². The highest BCUT2D eigenvalue weighted by Crippen LogP contribution is 2.46. The van der Waals surface area contributed by atoms with Crippen molar-refractivity contribution in [1.82, 2.24) is 4.57 Å². The first-order valence-corrected chi connectivity index (χ1v) is 25.2. The van der Waals surface area contributed by atoms with Gasteiger partial charge < -0.3 is 9.30 Å². The molecule has 0 amide bonds. The Morgan fingerprint density at radius 2 is 0.938 bits per heavy atom. The van der Waals surface area contributed by atoms with Crippen LogP contribution in [0.15, 0.2) is 248 Å². The van der Waals surface area contributed by atoms with Crippen LogP contribution in [0.3, 0.4) is 0 Å². The molecule has 0 aliphatic carbocycles. The van der Waals surface area contributed by atoms with Crippen LogP contribution in [-0.4, -0.2) is 18.6 Å². The van der Waals surface area contributed by atoms with Crippen LogP contribution in [-0.2, 0) is 0 Å². The quantitative estimate of drug-likeness (QED) is 0.117. The maximum Gasteiger partial charge on any atom is 0.289 e. The van der Waals surface area contributed by atoms with Gasteiger partial charge in [-0.2, -0.15) is 11.6 Å². The molecule has 3 heterocycles. The van der Waals surface area contributed by atoms with Gasteiger partial charge in [-0.25, -0.2) is 0 Å². The molecule has 2 nitrogen and oxygen atoms in total. The number of nitrogens with zero attached hydrogens (tertiary/aromatic N) is 1. The minimum Gasteiger partial charge on any atom is -0.458 e. The molecule has 2 aliphatic heterocycles. The number of aromatic nitrogens is 1. The van der Waals surface area contributed by atoms with Gasteiger partial charge in [-0.3, -0.25) is 0 Å². The molecule has 5 heteroatoms. The summed E-state index contributed by atoms with van der Waals surface area (Å²) in [4.78, 5) is 1.28. The fourth-order valence-electron chi connectivity index (χ4n) is 10.7. The largest absolute Gasteiger partial charge is 0.458 e. The van der Waals surface area contributed by atoms with Crippen molar-refractivity contribution in [2.24, 2.45) is 0 Å². The standard InChI is InChI=1S/C60H40BNOSSi/c1-4-21-46(22-5-1)65(47-23-6-2-7-24-47,48-25-8-3-9-26-48)49-27-17-19-42(37-49)44-38-53-52-35-34-43(40-59(52)64-61-54-30-12-15-33-57(54)63-58(39-44)60(53)61)41-18-16-20-45(36-41)62-55-31-13-10-28-50(55)51-29-11-14-32-56(51)62/h1-40H. The molecule has 1 aromatic heterocycles. The van der Waals surface area contributed by atoms with Gasteiger partial charge in [-0.15, -0.1) is 0 Å². The number of benzene rings is 10. The highest BCUT2D eigenvalue weighted by Gasteiger charge is 2.42. The molecule has 2 aliphatic rings. The Labute approximate surface area is 384 Å². The van der Waals surface area contributed by atoms with Crippen molar-refractivity contribution < 1.29 is 4.74 Å². The lowest BCUT2D eigenvalue weighted by Gasteiger charge is -2.35. The van der Waals surface area contributed by atoms with E-state index >= 15 is 0 Å². The fourth-order valence-corrected chi connectivity index (χ4v) is 17.0. The Balaban J connectivity index is 0.968.